The summed E-state index contributed by atoms with van der Waals surface area (Å²) in [7, 11) is 0. The zero-order valence-electron chi connectivity index (χ0n) is 11.3. The smallest absolute Gasteiger partial charge is 0.122 e. The van der Waals surface area contributed by atoms with Crippen LogP contribution in [0.3, 0.4) is 0 Å². The summed E-state index contributed by atoms with van der Waals surface area (Å²) in [4.78, 5) is 2.62. The molecule has 1 N–H and O–H groups in total. The van der Waals surface area contributed by atoms with E-state index in [-0.39, 0.29) is 0 Å². The Balaban J connectivity index is 1.58. The lowest BCUT2D eigenvalue weighted by Crippen LogP contribution is -2.22. The number of hydrogen-bond donors (Lipinski definition) is 1. The van der Waals surface area contributed by atoms with Crippen LogP contribution in [0, 0.1) is 11.8 Å². The van der Waals surface area contributed by atoms with E-state index in [0.717, 1.165) is 37.2 Å². The Kier molecular flexibility index (Phi) is 3.71. The summed E-state index contributed by atoms with van der Waals surface area (Å²) in [5, 5.41) is 3.34. The zero-order chi connectivity index (χ0) is 12.4. The maximum absolute atomic E-state index is 5.58. The Morgan fingerprint density at radius 3 is 2.83 bits per heavy atom. The van der Waals surface area contributed by atoms with Crippen molar-refractivity contribution in [2.24, 2.45) is 11.8 Å². The second-order valence-electron chi connectivity index (χ2n) is 5.79. The van der Waals surface area contributed by atoms with Crippen LogP contribution >= 0.6 is 0 Å². The molecular formula is C15H24N2O. The van der Waals surface area contributed by atoms with Gasteiger partial charge in [-0.3, -0.25) is 4.90 Å². The van der Waals surface area contributed by atoms with Gasteiger partial charge in [0.1, 0.15) is 5.76 Å². The van der Waals surface area contributed by atoms with Crippen LogP contribution in [0.5, 0.6) is 0 Å². The summed E-state index contributed by atoms with van der Waals surface area (Å²) < 4.78 is 5.58. The number of fused-ring (bicyclic) bond motifs is 1. The van der Waals surface area contributed by atoms with Crippen molar-refractivity contribution >= 4 is 0 Å². The van der Waals surface area contributed by atoms with Crippen LogP contribution in [-0.4, -0.2) is 24.5 Å². The molecule has 100 valence electrons. The van der Waals surface area contributed by atoms with Crippen LogP contribution in [0.4, 0.5) is 0 Å². The third kappa shape index (κ3) is 2.47. The molecule has 2 heterocycles. The van der Waals surface area contributed by atoms with Gasteiger partial charge in [-0.1, -0.05) is 13.3 Å². The highest BCUT2D eigenvalue weighted by molar-refractivity contribution is 5.17. The summed E-state index contributed by atoms with van der Waals surface area (Å²) in [5.74, 6) is 3.08. The number of nitrogens with zero attached hydrogens (tertiary/aromatic N) is 1. The lowest BCUT2D eigenvalue weighted by Gasteiger charge is -2.16. The first kappa shape index (κ1) is 12.2. The van der Waals surface area contributed by atoms with E-state index in [4.69, 9.17) is 4.42 Å². The van der Waals surface area contributed by atoms with Crippen molar-refractivity contribution in [3.05, 3.63) is 23.7 Å². The van der Waals surface area contributed by atoms with Crippen LogP contribution in [0.15, 0.2) is 16.7 Å². The van der Waals surface area contributed by atoms with Gasteiger partial charge in [0.05, 0.1) is 12.8 Å². The van der Waals surface area contributed by atoms with Crippen molar-refractivity contribution in [2.45, 2.75) is 39.3 Å². The second kappa shape index (κ2) is 5.45. The van der Waals surface area contributed by atoms with Crippen molar-refractivity contribution in [3.8, 4) is 0 Å². The largest absolute Gasteiger partial charge is 0.468 e. The SMILES string of the molecule is CCNCc1occc1CN1CC2CCCC2C1. The fraction of sp³-hybridized carbons (Fsp3) is 0.733. The first-order valence-electron chi connectivity index (χ1n) is 7.35. The highest BCUT2D eigenvalue weighted by Gasteiger charge is 2.35. The topological polar surface area (TPSA) is 28.4 Å². The molecule has 1 aliphatic carbocycles. The Bertz CT molecular complexity index is 376. The Morgan fingerprint density at radius 2 is 2.11 bits per heavy atom. The van der Waals surface area contributed by atoms with E-state index < -0.39 is 0 Å². The molecule has 2 fully saturated rings. The quantitative estimate of drug-likeness (QED) is 0.868. The van der Waals surface area contributed by atoms with Crippen LogP contribution in [0.1, 0.15) is 37.5 Å². The number of furan rings is 1. The predicted octanol–water partition coefficient (Wildman–Crippen LogP) is 2.62. The predicted molar refractivity (Wildman–Crippen MR) is 72.2 cm³/mol. The standard InChI is InChI=1S/C15H24N2O/c1-2-16-8-15-14(6-7-18-15)11-17-9-12-4-3-5-13(12)10-17/h6-7,12-13,16H,2-5,8-11H2,1H3. The van der Waals surface area contributed by atoms with E-state index in [1.807, 2.05) is 6.26 Å². The van der Waals surface area contributed by atoms with Crippen LogP contribution in [0.25, 0.3) is 0 Å². The van der Waals surface area contributed by atoms with Gasteiger partial charge < -0.3 is 9.73 Å². The molecule has 1 aromatic rings. The molecule has 3 nitrogen and oxygen atoms in total. The van der Waals surface area contributed by atoms with Gasteiger partial charge in [0.25, 0.3) is 0 Å². The summed E-state index contributed by atoms with van der Waals surface area (Å²) >= 11 is 0. The van der Waals surface area contributed by atoms with E-state index in [2.05, 4.69) is 23.2 Å². The normalized spacial score (nSPS) is 27.8. The first-order chi connectivity index (χ1) is 8.86. The monoisotopic (exact) mass is 248 g/mol. The fourth-order valence-electron chi connectivity index (χ4n) is 3.60. The van der Waals surface area contributed by atoms with E-state index in [9.17, 15) is 0 Å². The first-order valence-corrected chi connectivity index (χ1v) is 7.35. The molecule has 1 saturated heterocycles. The van der Waals surface area contributed by atoms with Gasteiger partial charge in [-0.05, 0) is 37.3 Å². The Labute approximate surface area is 110 Å². The summed E-state index contributed by atoms with van der Waals surface area (Å²) in [5.41, 5.74) is 1.37. The van der Waals surface area contributed by atoms with Gasteiger partial charge in [0.2, 0.25) is 0 Å². The van der Waals surface area contributed by atoms with E-state index in [1.165, 1.54) is 37.9 Å². The molecule has 3 rings (SSSR count). The molecule has 2 aliphatic rings. The van der Waals surface area contributed by atoms with E-state index in [1.54, 1.807) is 0 Å². The molecule has 1 saturated carbocycles. The van der Waals surface area contributed by atoms with Crippen LogP contribution < -0.4 is 5.32 Å². The highest BCUT2D eigenvalue weighted by Crippen LogP contribution is 2.38. The average molecular weight is 248 g/mol. The van der Waals surface area contributed by atoms with Crippen molar-refractivity contribution < 1.29 is 4.42 Å². The van der Waals surface area contributed by atoms with Gasteiger partial charge >= 0.3 is 0 Å². The van der Waals surface area contributed by atoms with Crippen molar-refractivity contribution in [3.63, 3.8) is 0 Å². The van der Waals surface area contributed by atoms with E-state index in [0.29, 0.717) is 0 Å². The van der Waals surface area contributed by atoms with Gasteiger partial charge in [0, 0.05) is 25.2 Å². The minimum absolute atomic E-state index is 0.861. The number of rotatable bonds is 5. The number of hydrogen-bond acceptors (Lipinski definition) is 3. The molecule has 0 amide bonds. The Morgan fingerprint density at radius 1 is 1.33 bits per heavy atom. The van der Waals surface area contributed by atoms with Crippen LogP contribution in [-0.2, 0) is 13.1 Å². The van der Waals surface area contributed by atoms with Crippen molar-refractivity contribution in [1.29, 1.82) is 0 Å². The third-order valence-electron chi connectivity index (χ3n) is 4.57. The molecule has 2 atom stereocenters. The molecular weight excluding hydrogens is 224 g/mol. The maximum atomic E-state index is 5.58. The van der Waals surface area contributed by atoms with Crippen molar-refractivity contribution in [1.82, 2.24) is 10.2 Å². The summed E-state index contributed by atoms with van der Waals surface area (Å²) in [6, 6.07) is 2.14. The molecule has 0 spiro atoms. The number of nitrogens with one attached hydrogen (secondary N) is 1. The number of likely N-dealkylation sites (tertiary alicyclic amines) is 1. The molecule has 3 heteroatoms. The summed E-state index contributed by atoms with van der Waals surface area (Å²) in [6.45, 7) is 7.66. The molecule has 2 unspecified atom stereocenters. The van der Waals surface area contributed by atoms with Gasteiger partial charge in [-0.2, -0.15) is 0 Å². The lowest BCUT2D eigenvalue weighted by atomic mass is 10.0. The van der Waals surface area contributed by atoms with Gasteiger partial charge in [-0.15, -0.1) is 0 Å². The molecule has 1 aromatic heterocycles. The van der Waals surface area contributed by atoms with E-state index >= 15 is 0 Å². The van der Waals surface area contributed by atoms with Gasteiger partial charge in [-0.25, -0.2) is 0 Å². The minimum atomic E-state index is 0.861. The third-order valence-corrected chi connectivity index (χ3v) is 4.57. The average Bonchev–Trinajstić information content (AvgIpc) is 3.02. The van der Waals surface area contributed by atoms with Crippen molar-refractivity contribution in [2.75, 3.05) is 19.6 Å². The minimum Gasteiger partial charge on any atom is -0.468 e. The van der Waals surface area contributed by atoms with Crippen LogP contribution in [0.2, 0.25) is 0 Å². The lowest BCUT2D eigenvalue weighted by molar-refractivity contribution is 0.300. The fourth-order valence-corrected chi connectivity index (χ4v) is 3.60. The zero-order valence-corrected chi connectivity index (χ0v) is 11.3. The summed E-state index contributed by atoms with van der Waals surface area (Å²) in [6.07, 6.45) is 6.20. The maximum Gasteiger partial charge on any atom is 0.122 e. The Hall–Kier alpha value is -0.800. The second-order valence-corrected chi connectivity index (χ2v) is 5.79. The van der Waals surface area contributed by atoms with Gasteiger partial charge in [0.15, 0.2) is 0 Å². The molecule has 0 aromatic carbocycles. The molecule has 1 aliphatic heterocycles. The molecule has 0 bridgehead atoms. The molecule has 18 heavy (non-hydrogen) atoms. The molecule has 0 radical (unpaired) electrons. The highest BCUT2D eigenvalue weighted by atomic mass is 16.3.